The van der Waals surface area contributed by atoms with Gasteiger partial charge in [-0.15, -0.1) is 5.10 Å². The van der Waals surface area contributed by atoms with Gasteiger partial charge in [-0.2, -0.15) is 5.10 Å². The predicted molar refractivity (Wildman–Crippen MR) is 87.1 cm³/mol. The first-order valence-corrected chi connectivity index (χ1v) is 8.27. The molecule has 3 rings (SSSR count). The molecule has 9 nitrogen and oxygen atoms in total. The maximum Gasteiger partial charge on any atom is 0.254 e. The molecule has 0 spiro atoms. The van der Waals surface area contributed by atoms with Crippen molar-refractivity contribution >= 4 is 5.91 Å². The number of tetrazole rings is 1. The first-order chi connectivity index (χ1) is 11.5. The Bertz CT molecular complexity index is 685. The summed E-state index contributed by atoms with van der Waals surface area (Å²) in [5.41, 5.74) is 0.610. The highest BCUT2D eigenvalue weighted by Gasteiger charge is 2.26. The third kappa shape index (κ3) is 3.61. The largest absolute Gasteiger partial charge is 0.352 e. The van der Waals surface area contributed by atoms with Gasteiger partial charge in [0.05, 0.1) is 17.8 Å². The monoisotopic (exact) mass is 332 g/mol. The van der Waals surface area contributed by atoms with Gasteiger partial charge >= 0.3 is 0 Å². The Hall–Kier alpha value is -2.29. The lowest BCUT2D eigenvalue weighted by molar-refractivity contribution is 0.0924. The highest BCUT2D eigenvalue weighted by atomic mass is 16.1. The van der Waals surface area contributed by atoms with Crippen LogP contribution in [0.4, 0.5) is 0 Å². The molecule has 2 aromatic rings. The third-order valence-electron chi connectivity index (χ3n) is 4.74. The van der Waals surface area contributed by atoms with Gasteiger partial charge in [-0.25, -0.2) is 4.68 Å². The molecule has 0 aromatic carbocycles. The van der Waals surface area contributed by atoms with Crippen LogP contribution in [-0.2, 0) is 14.1 Å². The zero-order chi connectivity index (χ0) is 17.1. The number of carbonyl (C=O) groups is 1. The molecular weight excluding hydrogens is 308 g/mol. The number of piperidine rings is 1. The summed E-state index contributed by atoms with van der Waals surface area (Å²) < 4.78 is 3.36. The zero-order valence-electron chi connectivity index (χ0n) is 14.4. The second-order valence-electron chi connectivity index (χ2n) is 6.43. The Kier molecular flexibility index (Phi) is 4.89. The number of nitrogens with zero attached hydrogens (tertiary/aromatic N) is 7. The van der Waals surface area contributed by atoms with Crippen molar-refractivity contribution in [1.82, 2.24) is 40.2 Å². The number of likely N-dealkylation sites (tertiary alicyclic amines) is 1. The normalized spacial score (nSPS) is 17.8. The third-order valence-corrected chi connectivity index (χ3v) is 4.74. The Morgan fingerprint density at radius 2 is 2.12 bits per heavy atom. The van der Waals surface area contributed by atoms with Gasteiger partial charge in [0.25, 0.3) is 5.91 Å². The molecule has 1 atom stereocenters. The van der Waals surface area contributed by atoms with Gasteiger partial charge in [0.1, 0.15) is 0 Å². The number of aromatic nitrogens is 6. The van der Waals surface area contributed by atoms with Crippen LogP contribution in [0.1, 0.15) is 42.0 Å². The minimum absolute atomic E-state index is 0.0518. The smallest absolute Gasteiger partial charge is 0.254 e. The van der Waals surface area contributed by atoms with Gasteiger partial charge in [0, 0.05) is 26.8 Å². The Morgan fingerprint density at radius 1 is 1.38 bits per heavy atom. The summed E-state index contributed by atoms with van der Waals surface area (Å²) in [7, 11) is 3.67. The van der Waals surface area contributed by atoms with Gasteiger partial charge < -0.3 is 5.32 Å². The van der Waals surface area contributed by atoms with Crippen molar-refractivity contribution in [1.29, 1.82) is 0 Å². The SMILES string of the molecule is C[C@H](c1nnnn1C)N1CCC(CNC(=O)c2cnn(C)c2)CC1. The van der Waals surface area contributed by atoms with Crippen molar-refractivity contribution in [3.8, 4) is 0 Å². The summed E-state index contributed by atoms with van der Waals surface area (Å²) in [6.45, 7) is 4.82. The van der Waals surface area contributed by atoms with E-state index in [0.717, 1.165) is 31.8 Å². The molecule has 24 heavy (non-hydrogen) atoms. The van der Waals surface area contributed by atoms with Crippen molar-refractivity contribution in [3.05, 3.63) is 23.8 Å². The summed E-state index contributed by atoms with van der Waals surface area (Å²) in [6, 6.07) is 0.205. The molecule has 3 heterocycles. The summed E-state index contributed by atoms with van der Waals surface area (Å²) in [5.74, 6) is 1.34. The van der Waals surface area contributed by atoms with Crippen LogP contribution < -0.4 is 5.32 Å². The zero-order valence-corrected chi connectivity index (χ0v) is 14.4. The number of amides is 1. The number of hydrogen-bond acceptors (Lipinski definition) is 6. The molecule has 2 aromatic heterocycles. The summed E-state index contributed by atoms with van der Waals surface area (Å²) in [6.07, 6.45) is 5.44. The second-order valence-corrected chi connectivity index (χ2v) is 6.43. The van der Waals surface area contributed by atoms with Crippen LogP contribution in [0.15, 0.2) is 12.4 Å². The maximum absolute atomic E-state index is 12.1. The summed E-state index contributed by atoms with van der Waals surface area (Å²) in [5, 5.41) is 18.8. The molecule has 9 heteroatoms. The highest BCUT2D eigenvalue weighted by molar-refractivity contribution is 5.93. The summed E-state index contributed by atoms with van der Waals surface area (Å²) in [4.78, 5) is 14.5. The van der Waals surface area contributed by atoms with E-state index in [0.29, 0.717) is 18.0 Å². The van der Waals surface area contributed by atoms with Crippen LogP contribution in [0.5, 0.6) is 0 Å². The van der Waals surface area contributed by atoms with Gasteiger partial charge in [-0.05, 0) is 49.2 Å². The lowest BCUT2D eigenvalue weighted by atomic mass is 9.95. The van der Waals surface area contributed by atoms with E-state index in [1.54, 1.807) is 28.8 Å². The molecule has 1 N–H and O–H groups in total. The fraction of sp³-hybridized carbons (Fsp3) is 0.667. The van der Waals surface area contributed by atoms with Gasteiger partial charge in [0.15, 0.2) is 5.82 Å². The van der Waals surface area contributed by atoms with Gasteiger partial charge in [-0.1, -0.05) is 0 Å². The quantitative estimate of drug-likeness (QED) is 0.837. The van der Waals surface area contributed by atoms with E-state index in [-0.39, 0.29) is 11.9 Å². The van der Waals surface area contributed by atoms with Crippen LogP contribution >= 0.6 is 0 Å². The Balaban J connectivity index is 1.45. The number of aryl methyl sites for hydroxylation is 2. The van der Waals surface area contributed by atoms with Crippen LogP contribution in [0, 0.1) is 5.92 Å². The molecular formula is C15H24N8O. The van der Waals surface area contributed by atoms with E-state index in [9.17, 15) is 4.79 Å². The minimum Gasteiger partial charge on any atom is -0.352 e. The second kappa shape index (κ2) is 7.08. The van der Waals surface area contributed by atoms with Crippen molar-refractivity contribution in [2.75, 3.05) is 19.6 Å². The summed E-state index contributed by atoms with van der Waals surface area (Å²) >= 11 is 0. The minimum atomic E-state index is -0.0518. The maximum atomic E-state index is 12.1. The molecule has 0 unspecified atom stereocenters. The molecule has 0 aliphatic carbocycles. The molecule has 1 aliphatic heterocycles. The average Bonchev–Trinajstić information content (AvgIpc) is 3.21. The van der Waals surface area contributed by atoms with E-state index >= 15 is 0 Å². The average molecular weight is 332 g/mol. The fourth-order valence-corrected chi connectivity index (χ4v) is 3.18. The predicted octanol–water partition coefficient (Wildman–Crippen LogP) is 0.147. The van der Waals surface area contributed by atoms with E-state index < -0.39 is 0 Å². The lowest BCUT2D eigenvalue weighted by Gasteiger charge is -2.35. The first kappa shape index (κ1) is 16.6. The molecule has 0 radical (unpaired) electrons. The molecule has 1 amide bonds. The number of carbonyl (C=O) groups excluding carboxylic acids is 1. The molecule has 0 saturated carbocycles. The number of rotatable bonds is 5. The molecule has 1 fully saturated rings. The number of nitrogens with one attached hydrogen (secondary N) is 1. The van der Waals surface area contributed by atoms with Gasteiger partial charge in [-0.3, -0.25) is 14.4 Å². The first-order valence-electron chi connectivity index (χ1n) is 8.27. The van der Waals surface area contributed by atoms with Crippen molar-refractivity contribution in [2.45, 2.75) is 25.8 Å². The fourth-order valence-electron chi connectivity index (χ4n) is 3.18. The molecule has 1 saturated heterocycles. The van der Waals surface area contributed by atoms with E-state index in [2.05, 4.69) is 37.8 Å². The van der Waals surface area contributed by atoms with Crippen molar-refractivity contribution in [2.24, 2.45) is 20.0 Å². The lowest BCUT2D eigenvalue weighted by Crippen LogP contribution is -2.40. The van der Waals surface area contributed by atoms with Crippen molar-refractivity contribution in [3.63, 3.8) is 0 Å². The Morgan fingerprint density at radius 3 is 2.71 bits per heavy atom. The topological polar surface area (TPSA) is 93.8 Å². The van der Waals surface area contributed by atoms with Crippen LogP contribution in [-0.4, -0.2) is 60.4 Å². The standard InChI is InChI=1S/C15H24N8O/c1-11(14-18-19-20-22(14)3)23-6-4-12(5-7-23)8-16-15(24)13-9-17-21(2)10-13/h9-12H,4-8H2,1-3H3,(H,16,24)/t11-/m1/s1. The molecule has 0 bridgehead atoms. The van der Waals surface area contributed by atoms with Crippen LogP contribution in [0.3, 0.4) is 0 Å². The van der Waals surface area contributed by atoms with Crippen LogP contribution in [0.2, 0.25) is 0 Å². The van der Waals surface area contributed by atoms with E-state index in [1.165, 1.54) is 0 Å². The van der Waals surface area contributed by atoms with Crippen LogP contribution in [0.25, 0.3) is 0 Å². The van der Waals surface area contributed by atoms with Crippen molar-refractivity contribution < 1.29 is 4.79 Å². The Labute approximate surface area is 141 Å². The highest BCUT2D eigenvalue weighted by Crippen LogP contribution is 2.24. The molecule has 1 aliphatic rings. The van der Waals surface area contributed by atoms with E-state index in [4.69, 9.17) is 0 Å². The van der Waals surface area contributed by atoms with Gasteiger partial charge in [0.2, 0.25) is 0 Å². The van der Waals surface area contributed by atoms with E-state index in [1.807, 2.05) is 7.05 Å². The number of hydrogen-bond donors (Lipinski definition) is 1. The molecule has 130 valence electrons.